The van der Waals surface area contributed by atoms with Crippen LogP contribution < -0.4 is 11.1 Å². The van der Waals surface area contributed by atoms with E-state index in [9.17, 15) is 4.79 Å². The highest BCUT2D eigenvalue weighted by atomic mass is 79.9. The molecule has 106 valence electrons. The minimum atomic E-state index is 0.0684. The zero-order chi connectivity index (χ0) is 14.5. The fourth-order valence-corrected chi connectivity index (χ4v) is 3.35. The zero-order valence-electron chi connectivity index (χ0n) is 11.2. The van der Waals surface area contributed by atoms with Crippen LogP contribution in [-0.4, -0.2) is 5.91 Å². The fourth-order valence-electron chi connectivity index (χ4n) is 1.93. The number of nitrogens with one attached hydrogen (secondary N) is 1. The summed E-state index contributed by atoms with van der Waals surface area (Å²) in [5.74, 6) is 0.254. The van der Waals surface area contributed by atoms with Gasteiger partial charge in [-0.15, -0.1) is 11.3 Å². The summed E-state index contributed by atoms with van der Waals surface area (Å²) in [4.78, 5) is 13.1. The van der Waals surface area contributed by atoms with Crippen molar-refractivity contribution in [1.29, 1.82) is 0 Å². The normalized spacial score (nSPS) is 12.1. The SMILES string of the molecule is CC(CC(=O)NCc1ccc(Br)s1)c1ccc(N)cc1. The molecule has 5 heteroatoms. The number of hydrogen-bond donors (Lipinski definition) is 2. The van der Waals surface area contributed by atoms with Gasteiger partial charge in [-0.1, -0.05) is 19.1 Å². The van der Waals surface area contributed by atoms with Gasteiger partial charge in [-0.05, 0) is 51.7 Å². The lowest BCUT2D eigenvalue weighted by atomic mass is 9.97. The number of anilines is 1. The number of nitrogen functional groups attached to an aromatic ring is 1. The van der Waals surface area contributed by atoms with Gasteiger partial charge in [-0.25, -0.2) is 0 Å². The Morgan fingerprint density at radius 3 is 2.60 bits per heavy atom. The van der Waals surface area contributed by atoms with Crippen LogP contribution in [-0.2, 0) is 11.3 Å². The average molecular weight is 353 g/mol. The lowest BCUT2D eigenvalue weighted by Gasteiger charge is -2.12. The number of thiophene rings is 1. The van der Waals surface area contributed by atoms with Crippen molar-refractivity contribution in [3.8, 4) is 0 Å². The third kappa shape index (κ3) is 4.35. The highest BCUT2D eigenvalue weighted by Gasteiger charge is 2.11. The molecule has 0 aliphatic heterocycles. The second kappa shape index (κ2) is 6.90. The number of amides is 1. The van der Waals surface area contributed by atoms with E-state index >= 15 is 0 Å². The molecular formula is C15H17BrN2OS. The topological polar surface area (TPSA) is 55.1 Å². The number of rotatable bonds is 5. The van der Waals surface area contributed by atoms with Crippen LogP contribution in [0.3, 0.4) is 0 Å². The number of hydrogen-bond acceptors (Lipinski definition) is 3. The Kier molecular flexibility index (Phi) is 5.20. The Labute approximate surface area is 131 Å². The van der Waals surface area contributed by atoms with Crippen molar-refractivity contribution in [3.05, 3.63) is 50.6 Å². The van der Waals surface area contributed by atoms with Gasteiger partial charge in [-0.2, -0.15) is 0 Å². The molecular weight excluding hydrogens is 336 g/mol. The molecule has 0 aliphatic carbocycles. The van der Waals surface area contributed by atoms with Crippen molar-refractivity contribution in [2.45, 2.75) is 25.8 Å². The van der Waals surface area contributed by atoms with Crippen LogP contribution in [0.2, 0.25) is 0 Å². The van der Waals surface area contributed by atoms with Crippen LogP contribution in [0.1, 0.15) is 29.7 Å². The lowest BCUT2D eigenvalue weighted by Crippen LogP contribution is -2.23. The molecule has 1 atom stereocenters. The maximum Gasteiger partial charge on any atom is 0.220 e. The minimum absolute atomic E-state index is 0.0684. The maximum atomic E-state index is 11.9. The van der Waals surface area contributed by atoms with Gasteiger partial charge >= 0.3 is 0 Å². The number of halogens is 1. The molecule has 3 nitrogen and oxygen atoms in total. The van der Waals surface area contributed by atoms with E-state index in [1.54, 1.807) is 11.3 Å². The Balaban J connectivity index is 1.83. The Morgan fingerprint density at radius 2 is 2.00 bits per heavy atom. The molecule has 0 aliphatic rings. The summed E-state index contributed by atoms with van der Waals surface area (Å²) in [5, 5.41) is 2.95. The van der Waals surface area contributed by atoms with Crippen LogP contribution >= 0.6 is 27.3 Å². The van der Waals surface area contributed by atoms with Gasteiger partial charge in [0.25, 0.3) is 0 Å². The van der Waals surface area contributed by atoms with Crippen molar-refractivity contribution in [2.24, 2.45) is 0 Å². The van der Waals surface area contributed by atoms with E-state index in [0.29, 0.717) is 13.0 Å². The van der Waals surface area contributed by atoms with E-state index in [1.807, 2.05) is 43.3 Å². The predicted molar refractivity (Wildman–Crippen MR) is 87.8 cm³/mol. The van der Waals surface area contributed by atoms with Crippen LogP contribution in [0.4, 0.5) is 5.69 Å². The van der Waals surface area contributed by atoms with Gasteiger partial charge in [-0.3, -0.25) is 4.79 Å². The first-order chi connectivity index (χ1) is 9.54. The van der Waals surface area contributed by atoms with Crippen molar-refractivity contribution in [3.63, 3.8) is 0 Å². The summed E-state index contributed by atoms with van der Waals surface area (Å²) in [5.41, 5.74) is 7.54. The summed E-state index contributed by atoms with van der Waals surface area (Å²) in [6.07, 6.45) is 0.483. The quantitative estimate of drug-likeness (QED) is 0.801. The summed E-state index contributed by atoms with van der Waals surface area (Å²) >= 11 is 5.05. The van der Waals surface area contributed by atoms with E-state index in [1.165, 1.54) is 0 Å². The van der Waals surface area contributed by atoms with Crippen molar-refractivity contribution in [2.75, 3.05) is 5.73 Å². The molecule has 0 radical (unpaired) electrons. The molecule has 0 saturated carbocycles. The van der Waals surface area contributed by atoms with Gasteiger partial charge < -0.3 is 11.1 Å². The molecule has 1 aromatic heterocycles. The second-order valence-electron chi connectivity index (χ2n) is 4.75. The van der Waals surface area contributed by atoms with E-state index in [0.717, 1.165) is 19.9 Å². The predicted octanol–water partition coefficient (Wildman–Crippen LogP) is 3.90. The Bertz CT molecular complexity index is 580. The molecule has 2 aromatic rings. The van der Waals surface area contributed by atoms with Gasteiger partial charge in [0.05, 0.1) is 10.3 Å². The largest absolute Gasteiger partial charge is 0.399 e. The van der Waals surface area contributed by atoms with Gasteiger partial charge in [0.15, 0.2) is 0 Å². The van der Waals surface area contributed by atoms with E-state index in [-0.39, 0.29) is 11.8 Å². The molecule has 0 fully saturated rings. The number of nitrogens with two attached hydrogens (primary N) is 1. The molecule has 20 heavy (non-hydrogen) atoms. The number of carbonyl (C=O) groups excluding carboxylic acids is 1. The second-order valence-corrected chi connectivity index (χ2v) is 7.30. The Hall–Kier alpha value is -1.33. The monoisotopic (exact) mass is 352 g/mol. The smallest absolute Gasteiger partial charge is 0.220 e. The fraction of sp³-hybridized carbons (Fsp3) is 0.267. The molecule has 0 bridgehead atoms. The molecule has 0 saturated heterocycles. The first-order valence-electron chi connectivity index (χ1n) is 6.41. The minimum Gasteiger partial charge on any atom is -0.399 e. The van der Waals surface area contributed by atoms with E-state index < -0.39 is 0 Å². The molecule has 1 heterocycles. The summed E-state index contributed by atoms with van der Waals surface area (Å²) in [6.45, 7) is 2.64. The van der Waals surface area contributed by atoms with Gasteiger partial charge in [0.2, 0.25) is 5.91 Å². The van der Waals surface area contributed by atoms with Crippen LogP contribution in [0.15, 0.2) is 40.2 Å². The van der Waals surface area contributed by atoms with E-state index in [4.69, 9.17) is 5.73 Å². The molecule has 3 N–H and O–H groups in total. The highest BCUT2D eigenvalue weighted by Crippen LogP contribution is 2.22. The highest BCUT2D eigenvalue weighted by molar-refractivity contribution is 9.11. The first kappa shape index (κ1) is 15.1. The van der Waals surface area contributed by atoms with Crippen molar-refractivity contribution < 1.29 is 4.79 Å². The first-order valence-corrected chi connectivity index (χ1v) is 8.02. The lowest BCUT2D eigenvalue weighted by molar-refractivity contribution is -0.121. The molecule has 1 amide bonds. The summed E-state index contributed by atoms with van der Waals surface area (Å²) < 4.78 is 1.08. The number of benzene rings is 1. The average Bonchev–Trinajstić information content (AvgIpc) is 2.83. The summed E-state index contributed by atoms with van der Waals surface area (Å²) in [6, 6.07) is 11.7. The van der Waals surface area contributed by atoms with Crippen molar-refractivity contribution >= 4 is 38.9 Å². The maximum absolute atomic E-state index is 11.9. The van der Waals surface area contributed by atoms with Crippen LogP contribution in [0.25, 0.3) is 0 Å². The molecule has 0 spiro atoms. The van der Waals surface area contributed by atoms with Gasteiger partial charge in [0, 0.05) is 17.0 Å². The third-order valence-corrected chi connectivity index (χ3v) is 4.71. The third-order valence-electron chi connectivity index (χ3n) is 3.09. The van der Waals surface area contributed by atoms with E-state index in [2.05, 4.69) is 21.2 Å². The molecule has 1 unspecified atom stereocenters. The summed E-state index contributed by atoms with van der Waals surface area (Å²) in [7, 11) is 0. The zero-order valence-corrected chi connectivity index (χ0v) is 13.6. The van der Waals surface area contributed by atoms with Crippen LogP contribution in [0.5, 0.6) is 0 Å². The Morgan fingerprint density at radius 1 is 1.30 bits per heavy atom. The van der Waals surface area contributed by atoms with Crippen molar-refractivity contribution in [1.82, 2.24) is 5.32 Å². The molecule has 1 aromatic carbocycles. The number of carbonyl (C=O) groups is 1. The standard InChI is InChI=1S/C15H17BrN2OS/c1-10(11-2-4-12(17)5-3-11)8-15(19)18-9-13-6-7-14(16)20-13/h2-7,10H,8-9,17H2,1H3,(H,18,19). The van der Waals surface area contributed by atoms with Crippen LogP contribution in [0, 0.1) is 0 Å². The van der Waals surface area contributed by atoms with Gasteiger partial charge in [0.1, 0.15) is 0 Å². The molecule has 2 rings (SSSR count).